The molecular formula is C18H42MoN4. The minimum atomic E-state index is -0.473. The van der Waals surface area contributed by atoms with Gasteiger partial charge in [-0.3, -0.25) is 0 Å². The van der Waals surface area contributed by atoms with Crippen molar-refractivity contribution in [1.82, 2.24) is 0 Å². The first-order valence-electron chi connectivity index (χ1n) is 8.61. The van der Waals surface area contributed by atoms with Crippen molar-refractivity contribution in [3.63, 3.8) is 0 Å². The second kappa shape index (κ2) is 14.5. The van der Waals surface area contributed by atoms with Gasteiger partial charge in [-0.15, -0.1) is 5.54 Å². The molecule has 5 heteroatoms. The van der Waals surface area contributed by atoms with E-state index < -0.39 is 18.2 Å². The van der Waals surface area contributed by atoms with E-state index in [4.69, 9.17) is 0 Å². The van der Waals surface area contributed by atoms with Gasteiger partial charge in [-0.05, 0) is 0 Å². The number of rotatable bonds is 3. The van der Waals surface area contributed by atoms with E-state index in [0.717, 1.165) is 19.6 Å². The molecule has 0 radical (unpaired) electrons. The topological polar surface area (TPSA) is 52.9 Å². The molecule has 0 spiro atoms. The van der Waals surface area contributed by atoms with Crippen LogP contribution in [0.15, 0.2) is 6.99 Å². The zero-order valence-corrected chi connectivity index (χ0v) is 19.8. The van der Waals surface area contributed by atoms with E-state index in [1.807, 2.05) is 13.8 Å². The second-order valence-corrected chi connectivity index (χ2v) is 9.41. The fraction of sp³-hybridized carbons (Fsp3) is 1.00. The van der Waals surface area contributed by atoms with Gasteiger partial charge in [0.15, 0.2) is 0 Å². The van der Waals surface area contributed by atoms with E-state index in [-0.39, 0.29) is 16.6 Å². The summed E-state index contributed by atoms with van der Waals surface area (Å²) in [6.07, 6.45) is 0. The van der Waals surface area contributed by atoms with Crippen molar-refractivity contribution in [1.29, 1.82) is 0 Å². The van der Waals surface area contributed by atoms with Crippen LogP contribution in [-0.4, -0.2) is 36.3 Å². The molecule has 0 aromatic rings. The molecule has 0 N–H and O–H groups in total. The fourth-order valence-corrected chi connectivity index (χ4v) is 2.27. The standard InChI is InChI=1S/C6H14N.2C4H9N.C4H10N.Mo/c1-5-7-6(2,3)4;2*1-4(2,3)5;1-3-5-4-2;/h5H2,1-4H3;2*1-3H3;3-4H2,1-2H3;/q-1;;;-1;+2. The number of hydrogen-bond donors (Lipinski definition) is 0. The summed E-state index contributed by atoms with van der Waals surface area (Å²) >= 11 is -0.473. The van der Waals surface area contributed by atoms with Gasteiger partial charge in [0.05, 0.1) is 0 Å². The molecule has 0 aromatic carbocycles. The SMILES string of the molecule is CC(C)(C)[N]=[Mo+2]=[N]C(C)(C)C.CC[N-]C(C)(C)C.CC[N-]CC. The molecule has 23 heavy (non-hydrogen) atoms. The van der Waals surface area contributed by atoms with Crippen molar-refractivity contribution in [2.75, 3.05) is 19.6 Å². The molecule has 0 bridgehead atoms. The molecule has 0 rings (SSSR count). The average Bonchev–Trinajstić information content (AvgIpc) is 2.26. The van der Waals surface area contributed by atoms with Gasteiger partial charge in [-0.25, -0.2) is 0 Å². The Kier molecular flexibility index (Phi) is 17.7. The summed E-state index contributed by atoms with van der Waals surface area (Å²) in [5.74, 6) is 0. The van der Waals surface area contributed by atoms with Gasteiger partial charge >= 0.3 is 77.8 Å². The predicted molar refractivity (Wildman–Crippen MR) is 102 cm³/mol. The van der Waals surface area contributed by atoms with Crippen LogP contribution in [0.25, 0.3) is 10.6 Å². The van der Waals surface area contributed by atoms with E-state index >= 15 is 0 Å². The van der Waals surface area contributed by atoms with Crippen molar-refractivity contribution in [2.24, 2.45) is 6.99 Å². The van der Waals surface area contributed by atoms with Crippen molar-refractivity contribution < 1.29 is 18.2 Å². The Labute approximate surface area is 155 Å². The minimum Gasteiger partial charge on any atom is -0.663 e. The third-order valence-corrected chi connectivity index (χ3v) is 4.80. The molecule has 0 heterocycles. The molecule has 0 aliphatic rings. The molecular weight excluding hydrogens is 368 g/mol. The van der Waals surface area contributed by atoms with Crippen LogP contribution in [-0.2, 0) is 18.2 Å². The molecule has 0 aliphatic heterocycles. The smallest absolute Gasteiger partial charge is 0.0793 e. The van der Waals surface area contributed by atoms with Gasteiger partial charge in [0.25, 0.3) is 0 Å². The molecule has 0 aromatic heterocycles. The molecule has 0 atom stereocenters. The van der Waals surface area contributed by atoms with Crippen LogP contribution in [0.3, 0.4) is 0 Å². The van der Waals surface area contributed by atoms with Gasteiger partial charge in [-0.2, -0.15) is 19.6 Å². The Hall–Kier alpha value is 0.208. The molecule has 0 fully saturated rings. The Balaban J connectivity index is -0.000000286. The zero-order valence-electron chi connectivity index (χ0n) is 17.8. The average molecular weight is 411 g/mol. The monoisotopic (exact) mass is 412 g/mol. The summed E-state index contributed by atoms with van der Waals surface area (Å²) in [6, 6.07) is 0. The van der Waals surface area contributed by atoms with Crippen molar-refractivity contribution in [3.8, 4) is 0 Å². The summed E-state index contributed by atoms with van der Waals surface area (Å²) in [5.41, 5.74) is 0.392. The first-order valence-corrected chi connectivity index (χ1v) is 10.4. The maximum absolute atomic E-state index is 4.51. The van der Waals surface area contributed by atoms with Crippen molar-refractivity contribution in [3.05, 3.63) is 10.6 Å². The van der Waals surface area contributed by atoms with Crippen molar-refractivity contribution in [2.45, 2.75) is 99.7 Å². The van der Waals surface area contributed by atoms with E-state index in [2.05, 4.69) is 86.9 Å². The quantitative estimate of drug-likeness (QED) is 0.470. The van der Waals surface area contributed by atoms with Gasteiger partial charge in [0.1, 0.15) is 0 Å². The molecule has 0 amide bonds. The third kappa shape index (κ3) is 44.9. The number of hydrogen-bond acceptors (Lipinski definition) is 2. The van der Waals surface area contributed by atoms with Crippen LogP contribution in [0, 0.1) is 0 Å². The van der Waals surface area contributed by atoms with Crippen LogP contribution in [0.5, 0.6) is 0 Å². The maximum Gasteiger partial charge on any atom is -0.0793 e. The van der Waals surface area contributed by atoms with Crippen LogP contribution in [0.2, 0.25) is 0 Å². The van der Waals surface area contributed by atoms with Crippen molar-refractivity contribution >= 4 is 0 Å². The fourth-order valence-electron chi connectivity index (χ4n) is 0.963. The summed E-state index contributed by atoms with van der Waals surface area (Å²) in [5, 5.41) is 8.23. The van der Waals surface area contributed by atoms with Gasteiger partial charge in [-0.1, -0.05) is 41.5 Å². The summed E-state index contributed by atoms with van der Waals surface area (Å²) < 4.78 is 9.01. The summed E-state index contributed by atoms with van der Waals surface area (Å²) in [7, 11) is 0. The van der Waals surface area contributed by atoms with E-state index in [1.54, 1.807) is 0 Å². The molecule has 0 saturated heterocycles. The maximum atomic E-state index is 4.51. The summed E-state index contributed by atoms with van der Waals surface area (Å²) in [6.45, 7) is 28.1. The van der Waals surface area contributed by atoms with Gasteiger partial charge in [0.2, 0.25) is 0 Å². The third-order valence-electron chi connectivity index (χ3n) is 1.71. The summed E-state index contributed by atoms with van der Waals surface area (Å²) in [4.78, 5) is 0. The van der Waals surface area contributed by atoms with Gasteiger partial charge < -0.3 is 10.6 Å². The first-order chi connectivity index (χ1) is 10.2. The Morgan fingerprint density at radius 2 is 1.00 bits per heavy atom. The zero-order chi connectivity index (χ0) is 19.2. The molecule has 0 saturated carbocycles. The van der Waals surface area contributed by atoms with Crippen LogP contribution < -0.4 is 0 Å². The molecule has 4 nitrogen and oxygen atoms in total. The van der Waals surface area contributed by atoms with Crippen LogP contribution in [0.1, 0.15) is 83.1 Å². The van der Waals surface area contributed by atoms with E-state index in [1.165, 1.54) is 0 Å². The molecule has 0 unspecified atom stereocenters. The Morgan fingerprint density at radius 3 is 1.09 bits per heavy atom. The van der Waals surface area contributed by atoms with Crippen LogP contribution in [0.4, 0.5) is 0 Å². The Morgan fingerprint density at radius 1 is 0.652 bits per heavy atom. The predicted octanol–water partition coefficient (Wildman–Crippen LogP) is 6.61. The normalized spacial score (nSPS) is 11.3. The van der Waals surface area contributed by atoms with Gasteiger partial charge in [0, 0.05) is 0 Å². The van der Waals surface area contributed by atoms with E-state index in [0.29, 0.717) is 0 Å². The molecule has 0 aliphatic carbocycles. The largest absolute Gasteiger partial charge is 0.663 e. The minimum absolute atomic E-state index is 0.108. The first kappa shape index (κ1) is 28.0. The van der Waals surface area contributed by atoms with Crippen LogP contribution >= 0.6 is 0 Å². The second-order valence-electron chi connectivity index (χ2n) is 8.11. The Bertz CT molecular complexity index is 293. The number of nitrogens with zero attached hydrogens (tertiary/aromatic N) is 4. The van der Waals surface area contributed by atoms with E-state index in [9.17, 15) is 0 Å². The molecule has 140 valence electrons.